The van der Waals surface area contributed by atoms with E-state index in [4.69, 9.17) is 18.9 Å². The summed E-state index contributed by atoms with van der Waals surface area (Å²) in [7, 11) is 0. The van der Waals surface area contributed by atoms with E-state index >= 15 is 0 Å². The predicted molar refractivity (Wildman–Crippen MR) is 154 cm³/mol. The van der Waals surface area contributed by atoms with Crippen LogP contribution in [0.15, 0.2) is 54.6 Å². The van der Waals surface area contributed by atoms with E-state index in [1.807, 2.05) is 42.5 Å². The Bertz CT molecular complexity index is 1200. The van der Waals surface area contributed by atoms with Gasteiger partial charge in [0.25, 0.3) is 0 Å². The Labute approximate surface area is 242 Å². The molecule has 1 N–H and O–H groups in total. The molecule has 9 nitrogen and oxygen atoms in total. The molecule has 4 rings (SSSR count). The van der Waals surface area contributed by atoms with Crippen molar-refractivity contribution in [2.45, 2.75) is 103 Å². The van der Waals surface area contributed by atoms with E-state index in [0.29, 0.717) is 12.3 Å². The predicted octanol–water partition coefficient (Wildman–Crippen LogP) is 6.34. The summed E-state index contributed by atoms with van der Waals surface area (Å²) in [4.78, 5) is 40.6. The number of alkyl carbamates (subject to hydrolysis) is 1. The number of ether oxygens (including phenoxy) is 4. The molecule has 0 bridgehead atoms. The van der Waals surface area contributed by atoms with Gasteiger partial charge in [-0.1, -0.05) is 54.6 Å². The Balaban J connectivity index is 1.58. The minimum atomic E-state index is -0.964. The van der Waals surface area contributed by atoms with Crippen molar-refractivity contribution in [3.05, 3.63) is 71.3 Å². The lowest BCUT2D eigenvalue weighted by Gasteiger charge is -2.30. The first-order chi connectivity index (χ1) is 19.3. The molecule has 222 valence electrons. The summed E-state index contributed by atoms with van der Waals surface area (Å²) >= 11 is 0. The van der Waals surface area contributed by atoms with E-state index in [1.54, 1.807) is 41.5 Å². The van der Waals surface area contributed by atoms with E-state index in [1.165, 1.54) is 23.3 Å². The first-order valence-corrected chi connectivity index (χ1v) is 14.2. The topological polar surface area (TPSA) is 103 Å². The normalized spacial score (nSPS) is 20.7. The first-order valence-electron chi connectivity index (χ1n) is 14.2. The quantitative estimate of drug-likeness (QED) is 0.308. The lowest BCUT2D eigenvalue weighted by Crippen LogP contribution is -2.46. The van der Waals surface area contributed by atoms with Gasteiger partial charge in [-0.25, -0.2) is 14.4 Å². The van der Waals surface area contributed by atoms with Gasteiger partial charge in [0, 0.05) is 6.54 Å². The summed E-state index contributed by atoms with van der Waals surface area (Å²) in [5.41, 5.74) is 1.63. The van der Waals surface area contributed by atoms with Crippen molar-refractivity contribution in [3.8, 4) is 0 Å². The fraction of sp³-hybridized carbons (Fsp3) is 0.531. The van der Waals surface area contributed by atoms with Gasteiger partial charge in [0.05, 0.1) is 12.6 Å². The number of hydrogen-bond donors (Lipinski definition) is 1. The third kappa shape index (κ3) is 9.13. The van der Waals surface area contributed by atoms with Crippen LogP contribution < -0.4 is 5.32 Å². The van der Waals surface area contributed by atoms with Crippen LogP contribution in [-0.2, 0) is 31.9 Å². The van der Waals surface area contributed by atoms with Gasteiger partial charge in [-0.15, -0.1) is 0 Å². The Morgan fingerprint density at radius 1 is 0.829 bits per heavy atom. The van der Waals surface area contributed by atoms with E-state index in [-0.39, 0.29) is 13.1 Å². The van der Waals surface area contributed by atoms with Gasteiger partial charge in [-0.3, -0.25) is 4.90 Å². The number of hydrogen-bond acceptors (Lipinski definition) is 7. The Morgan fingerprint density at radius 2 is 1.46 bits per heavy atom. The zero-order chi connectivity index (χ0) is 29.8. The Hall–Kier alpha value is -3.75. The van der Waals surface area contributed by atoms with Gasteiger partial charge < -0.3 is 24.3 Å². The third-order valence-electron chi connectivity index (χ3n) is 6.78. The van der Waals surface area contributed by atoms with Gasteiger partial charge in [0.2, 0.25) is 0 Å². The smallest absolute Gasteiger partial charge is 0.444 e. The number of rotatable bonds is 7. The van der Waals surface area contributed by atoms with Gasteiger partial charge in [-0.05, 0) is 83.4 Å². The molecule has 2 aromatic carbocycles. The molecule has 1 saturated heterocycles. The van der Waals surface area contributed by atoms with Crippen molar-refractivity contribution in [1.29, 1.82) is 0 Å². The molecule has 2 fully saturated rings. The zero-order valence-electron chi connectivity index (χ0n) is 24.8. The molecule has 2 aliphatic rings. The fourth-order valence-corrected chi connectivity index (χ4v) is 4.79. The molecule has 0 aromatic heterocycles. The number of benzene rings is 2. The number of nitrogens with zero attached hydrogens (tertiary/aromatic N) is 1. The highest BCUT2D eigenvalue weighted by molar-refractivity contribution is 5.71. The van der Waals surface area contributed by atoms with E-state index in [0.717, 1.165) is 11.1 Å². The monoisotopic (exact) mass is 566 g/mol. The molecule has 1 aliphatic heterocycles. The molecule has 1 heterocycles. The summed E-state index contributed by atoms with van der Waals surface area (Å²) in [6.45, 7) is 10.8. The number of amides is 2. The van der Waals surface area contributed by atoms with Crippen LogP contribution in [0.3, 0.4) is 0 Å². The standard InChI is InChI=1S/C32H42N2O7/c1-31(2,3)40-29(36)34-20-26(38-30(37)41-32(4,5)6)27(39-28(35)33-19-22-10-8-7-9-11-22)25(34)18-21-12-14-23(15-13-21)24-16-17-24/h7-15,24-27H,16-20H2,1-6H3,(H,33,35)/t25-,26+,27+/m1/s1. The maximum Gasteiger partial charge on any atom is 0.509 e. The van der Waals surface area contributed by atoms with Crippen LogP contribution in [0.5, 0.6) is 0 Å². The minimum absolute atomic E-state index is 0.0182. The molecular weight excluding hydrogens is 524 g/mol. The van der Waals surface area contributed by atoms with Crippen molar-refractivity contribution in [2.24, 2.45) is 0 Å². The van der Waals surface area contributed by atoms with Crippen molar-refractivity contribution >= 4 is 18.3 Å². The van der Waals surface area contributed by atoms with Gasteiger partial charge >= 0.3 is 18.3 Å². The van der Waals surface area contributed by atoms with Gasteiger partial charge in [0.15, 0.2) is 12.2 Å². The summed E-state index contributed by atoms with van der Waals surface area (Å²) in [5.74, 6) is 0.616. The van der Waals surface area contributed by atoms with Crippen LogP contribution in [0, 0.1) is 0 Å². The largest absolute Gasteiger partial charge is 0.509 e. The third-order valence-corrected chi connectivity index (χ3v) is 6.78. The number of likely N-dealkylation sites (tertiary alicyclic amines) is 1. The maximum absolute atomic E-state index is 13.4. The molecule has 2 amide bonds. The average Bonchev–Trinajstić information content (AvgIpc) is 3.67. The highest BCUT2D eigenvalue weighted by Gasteiger charge is 2.50. The Morgan fingerprint density at radius 3 is 2.05 bits per heavy atom. The van der Waals surface area contributed by atoms with Crippen LogP contribution >= 0.6 is 0 Å². The second kappa shape index (κ2) is 12.4. The second-order valence-corrected chi connectivity index (χ2v) is 12.7. The summed E-state index contributed by atoms with van der Waals surface area (Å²) in [6, 6.07) is 17.1. The molecule has 0 spiro atoms. The number of nitrogens with one attached hydrogen (secondary N) is 1. The van der Waals surface area contributed by atoms with Crippen LogP contribution in [0.2, 0.25) is 0 Å². The molecule has 3 atom stereocenters. The molecule has 41 heavy (non-hydrogen) atoms. The van der Waals surface area contributed by atoms with E-state index in [9.17, 15) is 14.4 Å². The summed E-state index contributed by atoms with van der Waals surface area (Å²) in [5, 5.41) is 2.76. The van der Waals surface area contributed by atoms with Crippen molar-refractivity contribution in [2.75, 3.05) is 6.54 Å². The maximum atomic E-state index is 13.4. The number of carbonyl (C=O) groups is 3. The molecule has 9 heteroatoms. The Kier molecular flexibility index (Phi) is 9.14. The van der Waals surface area contributed by atoms with Crippen LogP contribution in [-0.4, -0.2) is 59.2 Å². The summed E-state index contributed by atoms with van der Waals surface area (Å²) < 4.78 is 22.7. The lowest BCUT2D eigenvalue weighted by atomic mass is 9.99. The average molecular weight is 567 g/mol. The molecule has 2 aromatic rings. The van der Waals surface area contributed by atoms with E-state index in [2.05, 4.69) is 17.4 Å². The molecule has 1 saturated carbocycles. The fourth-order valence-electron chi connectivity index (χ4n) is 4.79. The summed E-state index contributed by atoms with van der Waals surface area (Å²) in [6.07, 6.45) is -1.32. The van der Waals surface area contributed by atoms with Crippen molar-refractivity contribution < 1.29 is 33.3 Å². The number of carbonyl (C=O) groups excluding carboxylic acids is 3. The first kappa shape index (κ1) is 30.2. The van der Waals surface area contributed by atoms with Crippen LogP contribution in [0.4, 0.5) is 14.4 Å². The van der Waals surface area contributed by atoms with Crippen LogP contribution in [0.1, 0.15) is 77.0 Å². The minimum Gasteiger partial charge on any atom is -0.444 e. The van der Waals surface area contributed by atoms with Crippen molar-refractivity contribution in [3.63, 3.8) is 0 Å². The lowest BCUT2D eigenvalue weighted by molar-refractivity contribution is -0.0518. The zero-order valence-corrected chi connectivity index (χ0v) is 24.8. The SMILES string of the molecule is CC(C)(C)OC(=O)O[C@H]1CN(C(=O)OC(C)(C)C)[C@H](Cc2ccc(C3CC3)cc2)[C@@H]1OC(=O)NCc1ccccc1. The molecular formula is C32H42N2O7. The molecule has 0 radical (unpaired) electrons. The highest BCUT2D eigenvalue weighted by atomic mass is 16.7. The second-order valence-electron chi connectivity index (χ2n) is 12.7. The van der Waals surface area contributed by atoms with Gasteiger partial charge in [0.1, 0.15) is 11.2 Å². The molecule has 1 aliphatic carbocycles. The van der Waals surface area contributed by atoms with Crippen molar-refractivity contribution in [1.82, 2.24) is 10.2 Å². The van der Waals surface area contributed by atoms with Gasteiger partial charge in [-0.2, -0.15) is 0 Å². The van der Waals surface area contributed by atoms with Crippen LogP contribution in [0.25, 0.3) is 0 Å². The highest BCUT2D eigenvalue weighted by Crippen LogP contribution is 2.40. The molecule has 0 unspecified atom stereocenters. The van der Waals surface area contributed by atoms with E-state index < -0.39 is 47.8 Å².